The third-order valence-electron chi connectivity index (χ3n) is 4.53. The molecule has 1 aliphatic rings. The number of rotatable bonds is 4. The van der Waals surface area contributed by atoms with Gasteiger partial charge < -0.3 is 19.9 Å². The van der Waals surface area contributed by atoms with Gasteiger partial charge >= 0.3 is 6.03 Å². The van der Waals surface area contributed by atoms with Crippen molar-refractivity contribution in [3.8, 4) is 11.8 Å². The number of nitriles is 1. The van der Waals surface area contributed by atoms with E-state index in [-0.39, 0.29) is 6.03 Å². The number of carbonyl (C=O) groups excluding carboxylic acids is 1. The maximum absolute atomic E-state index is 12.4. The fourth-order valence-electron chi connectivity index (χ4n) is 2.95. The minimum atomic E-state index is -0.0414. The molecule has 6 heteroatoms. The summed E-state index contributed by atoms with van der Waals surface area (Å²) in [6.07, 6.45) is 0. The van der Waals surface area contributed by atoms with Gasteiger partial charge in [-0.25, -0.2) is 4.79 Å². The number of amides is 2. The highest BCUT2D eigenvalue weighted by Crippen LogP contribution is 2.17. The molecule has 26 heavy (non-hydrogen) atoms. The SMILES string of the molecule is COc1ccc(CNC(=O)N2CCN(c3ccc(C#N)cc3)CC2)cc1. The van der Waals surface area contributed by atoms with Gasteiger partial charge in [-0.05, 0) is 42.0 Å². The smallest absolute Gasteiger partial charge is 0.317 e. The lowest BCUT2D eigenvalue weighted by Gasteiger charge is -2.36. The van der Waals surface area contributed by atoms with Crippen molar-refractivity contribution in [2.45, 2.75) is 6.54 Å². The number of benzene rings is 2. The van der Waals surface area contributed by atoms with Crippen LogP contribution < -0.4 is 15.0 Å². The second-order valence-electron chi connectivity index (χ2n) is 6.14. The van der Waals surface area contributed by atoms with Crippen molar-refractivity contribution < 1.29 is 9.53 Å². The largest absolute Gasteiger partial charge is 0.497 e. The van der Waals surface area contributed by atoms with E-state index in [1.807, 2.05) is 53.4 Å². The Kier molecular flexibility index (Phi) is 5.59. The predicted octanol–water partition coefficient (Wildman–Crippen LogP) is 2.60. The van der Waals surface area contributed by atoms with E-state index < -0.39 is 0 Å². The van der Waals surface area contributed by atoms with Crippen molar-refractivity contribution in [1.82, 2.24) is 10.2 Å². The lowest BCUT2D eigenvalue weighted by molar-refractivity contribution is 0.194. The van der Waals surface area contributed by atoms with Crippen molar-refractivity contribution in [3.63, 3.8) is 0 Å². The Hall–Kier alpha value is -3.20. The molecular formula is C20H22N4O2. The number of methoxy groups -OCH3 is 1. The number of hydrogen-bond acceptors (Lipinski definition) is 4. The average molecular weight is 350 g/mol. The number of ether oxygens (including phenoxy) is 1. The molecule has 0 aliphatic carbocycles. The molecule has 0 atom stereocenters. The van der Waals surface area contributed by atoms with E-state index in [1.54, 1.807) is 7.11 Å². The first-order valence-electron chi connectivity index (χ1n) is 8.60. The van der Waals surface area contributed by atoms with E-state index in [0.717, 1.165) is 30.1 Å². The van der Waals surface area contributed by atoms with Crippen molar-refractivity contribution >= 4 is 11.7 Å². The zero-order valence-electron chi connectivity index (χ0n) is 14.8. The second-order valence-corrected chi connectivity index (χ2v) is 6.14. The molecule has 0 unspecified atom stereocenters. The van der Waals surface area contributed by atoms with Crippen LogP contribution in [0.4, 0.5) is 10.5 Å². The number of anilines is 1. The molecular weight excluding hydrogens is 328 g/mol. The van der Waals surface area contributed by atoms with Gasteiger partial charge in [0.25, 0.3) is 0 Å². The first-order valence-corrected chi connectivity index (χ1v) is 8.60. The number of nitrogens with one attached hydrogen (secondary N) is 1. The summed E-state index contributed by atoms with van der Waals surface area (Å²) in [5.41, 5.74) is 2.78. The minimum Gasteiger partial charge on any atom is -0.497 e. The predicted molar refractivity (Wildman–Crippen MR) is 100 cm³/mol. The number of piperazine rings is 1. The Morgan fingerprint density at radius 1 is 1.08 bits per heavy atom. The van der Waals surface area contributed by atoms with Crippen molar-refractivity contribution in [1.29, 1.82) is 5.26 Å². The van der Waals surface area contributed by atoms with Crippen LogP contribution in [0.2, 0.25) is 0 Å². The zero-order valence-corrected chi connectivity index (χ0v) is 14.8. The van der Waals surface area contributed by atoms with Gasteiger partial charge in [-0.15, -0.1) is 0 Å². The van der Waals surface area contributed by atoms with Crippen LogP contribution in [-0.2, 0) is 6.54 Å². The fraction of sp³-hybridized carbons (Fsp3) is 0.300. The normalized spacial score (nSPS) is 13.8. The molecule has 1 fully saturated rings. The van der Waals surface area contributed by atoms with E-state index in [1.165, 1.54) is 0 Å². The highest BCUT2D eigenvalue weighted by Gasteiger charge is 2.21. The molecule has 1 N–H and O–H groups in total. The van der Waals surface area contributed by atoms with Crippen LogP contribution in [0.25, 0.3) is 0 Å². The topological polar surface area (TPSA) is 68.6 Å². The Morgan fingerprint density at radius 2 is 1.73 bits per heavy atom. The van der Waals surface area contributed by atoms with Gasteiger partial charge in [-0.1, -0.05) is 12.1 Å². The molecule has 0 bridgehead atoms. The van der Waals surface area contributed by atoms with Gasteiger partial charge in [0.05, 0.1) is 18.7 Å². The third-order valence-corrected chi connectivity index (χ3v) is 4.53. The second kappa shape index (κ2) is 8.26. The van der Waals surface area contributed by atoms with Crippen LogP contribution in [0, 0.1) is 11.3 Å². The highest BCUT2D eigenvalue weighted by atomic mass is 16.5. The first-order chi connectivity index (χ1) is 12.7. The van der Waals surface area contributed by atoms with E-state index in [2.05, 4.69) is 16.3 Å². The van der Waals surface area contributed by atoms with Crippen molar-refractivity contribution in [2.24, 2.45) is 0 Å². The zero-order chi connectivity index (χ0) is 18.4. The molecule has 2 aromatic rings. The fourth-order valence-corrected chi connectivity index (χ4v) is 2.95. The van der Waals surface area contributed by atoms with Crippen LogP contribution in [0.5, 0.6) is 5.75 Å². The Morgan fingerprint density at radius 3 is 2.31 bits per heavy atom. The number of urea groups is 1. The molecule has 0 aromatic heterocycles. The van der Waals surface area contributed by atoms with Crippen LogP contribution in [-0.4, -0.2) is 44.2 Å². The molecule has 0 saturated carbocycles. The van der Waals surface area contributed by atoms with Gasteiger partial charge in [-0.2, -0.15) is 5.26 Å². The molecule has 2 amide bonds. The van der Waals surface area contributed by atoms with Crippen LogP contribution >= 0.6 is 0 Å². The van der Waals surface area contributed by atoms with Gasteiger partial charge in [0.15, 0.2) is 0 Å². The molecule has 1 saturated heterocycles. The highest BCUT2D eigenvalue weighted by molar-refractivity contribution is 5.74. The van der Waals surface area contributed by atoms with E-state index in [0.29, 0.717) is 25.2 Å². The van der Waals surface area contributed by atoms with Crippen molar-refractivity contribution in [3.05, 3.63) is 59.7 Å². The quantitative estimate of drug-likeness (QED) is 0.920. The summed E-state index contributed by atoms with van der Waals surface area (Å²) in [4.78, 5) is 16.4. The van der Waals surface area contributed by atoms with Gasteiger partial charge in [0, 0.05) is 38.4 Å². The molecule has 2 aromatic carbocycles. The molecule has 1 aliphatic heterocycles. The van der Waals surface area contributed by atoms with Crippen LogP contribution in [0.15, 0.2) is 48.5 Å². The molecule has 0 spiro atoms. The summed E-state index contributed by atoms with van der Waals surface area (Å²) in [5, 5.41) is 11.8. The summed E-state index contributed by atoms with van der Waals surface area (Å²) >= 11 is 0. The molecule has 134 valence electrons. The summed E-state index contributed by atoms with van der Waals surface area (Å²) in [7, 11) is 1.63. The maximum Gasteiger partial charge on any atom is 0.317 e. The maximum atomic E-state index is 12.4. The Balaban J connectivity index is 1.47. The lowest BCUT2D eigenvalue weighted by Crippen LogP contribution is -2.51. The van der Waals surface area contributed by atoms with Gasteiger partial charge in [0.1, 0.15) is 5.75 Å². The standard InChI is InChI=1S/C20H22N4O2/c1-26-19-8-4-17(5-9-19)15-22-20(25)24-12-10-23(11-13-24)18-6-2-16(14-21)3-7-18/h2-9H,10-13,15H2,1H3,(H,22,25). The number of carbonyl (C=O) groups is 1. The third kappa shape index (κ3) is 4.25. The number of nitrogens with zero attached hydrogens (tertiary/aromatic N) is 3. The molecule has 0 radical (unpaired) electrons. The Labute approximate surface area is 153 Å². The lowest BCUT2D eigenvalue weighted by atomic mass is 10.2. The van der Waals surface area contributed by atoms with E-state index in [4.69, 9.17) is 10.00 Å². The van der Waals surface area contributed by atoms with E-state index in [9.17, 15) is 4.79 Å². The Bertz CT molecular complexity index is 773. The molecule has 3 rings (SSSR count). The van der Waals surface area contributed by atoms with Crippen LogP contribution in [0.3, 0.4) is 0 Å². The van der Waals surface area contributed by atoms with Gasteiger partial charge in [0.2, 0.25) is 0 Å². The summed E-state index contributed by atoms with van der Waals surface area (Å²) < 4.78 is 5.13. The van der Waals surface area contributed by atoms with Gasteiger partial charge in [-0.3, -0.25) is 0 Å². The monoisotopic (exact) mass is 350 g/mol. The van der Waals surface area contributed by atoms with Crippen molar-refractivity contribution in [2.75, 3.05) is 38.2 Å². The van der Waals surface area contributed by atoms with E-state index >= 15 is 0 Å². The summed E-state index contributed by atoms with van der Waals surface area (Å²) in [6, 6.07) is 17.3. The summed E-state index contributed by atoms with van der Waals surface area (Å²) in [5.74, 6) is 0.805. The average Bonchev–Trinajstić information content (AvgIpc) is 2.72. The molecule has 6 nitrogen and oxygen atoms in total. The van der Waals surface area contributed by atoms with Crippen LogP contribution in [0.1, 0.15) is 11.1 Å². The summed E-state index contributed by atoms with van der Waals surface area (Å²) in [6.45, 7) is 3.41. The number of hydrogen-bond donors (Lipinski definition) is 1. The molecule has 1 heterocycles. The first kappa shape index (κ1) is 17.6. The minimum absolute atomic E-state index is 0.0414.